The van der Waals surface area contributed by atoms with Crippen LogP contribution in [0.5, 0.6) is 11.5 Å². The van der Waals surface area contributed by atoms with E-state index in [2.05, 4.69) is 29.5 Å². The zero-order valence-corrected chi connectivity index (χ0v) is 19.0. The SMILES string of the molecule is COc1cccc(CNC(=O)Cn2c(=O)nc(NCCC(C)C)c3ccccc32)c1OC. The third kappa shape index (κ3) is 5.38. The van der Waals surface area contributed by atoms with Crippen molar-refractivity contribution < 1.29 is 14.3 Å². The molecule has 0 spiro atoms. The predicted octanol–water partition coefficient (Wildman–Crippen LogP) is 3.19. The van der Waals surface area contributed by atoms with Crippen LogP contribution in [0.25, 0.3) is 10.9 Å². The maximum atomic E-state index is 12.7. The summed E-state index contributed by atoms with van der Waals surface area (Å²) < 4.78 is 12.1. The Balaban J connectivity index is 1.78. The number of rotatable bonds is 10. The summed E-state index contributed by atoms with van der Waals surface area (Å²) in [5, 5.41) is 6.91. The molecule has 32 heavy (non-hydrogen) atoms. The van der Waals surface area contributed by atoms with Crippen molar-refractivity contribution in [2.24, 2.45) is 5.92 Å². The lowest BCUT2D eigenvalue weighted by molar-refractivity contribution is -0.121. The van der Waals surface area contributed by atoms with Gasteiger partial charge in [0.2, 0.25) is 5.91 Å². The topological polar surface area (TPSA) is 94.5 Å². The fourth-order valence-corrected chi connectivity index (χ4v) is 3.48. The van der Waals surface area contributed by atoms with Gasteiger partial charge in [-0.2, -0.15) is 4.98 Å². The predicted molar refractivity (Wildman–Crippen MR) is 125 cm³/mol. The van der Waals surface area contributed by atoms with E-state index in [1.807, 2.05) is 36.4 Å². The van der Waals surface area contributed by atoms with Crippen LogP contribution in [0.2, 0.25) is 0 Å². The zero-order valence-electron chi connectivity index (χ0n) is 19.0. The van der Waals surface area contributed by atoms with Crippen molar-refractivity contribution >= 4 is 22.6 Å². The summed E-state index contributed by atoms with van der Waals surface area (Å²) in [6, 6.07) is 12.9. The number of carbonyl (C=O) groups excluding carboxylic acids is 1. The second-order valence-corrected chi connectivity index (χ2v) is 7.88. The van der Waals surface area contributed by atoms with E-state index in [1.165, 1.54) is 4.57 Å². The van der Waals surface area contributed by atoms with Gasteiger partial charge in [-0.25, -0.2) is 4.79 Å². The van der Waals surface area contributed by atoms with Gasteiger partial charge < -0.3 is 20.1 Å². The van der Waals surface area contributed by atoms with Gasteiger partial charge in [0.15, 0.2) is 11.5 Å². The molecule has 0 bridgehead atoms. The van der Waals surface area contributed by atoms with Crippen molar-refractivity contribution in [2.45, 2.75) is 33.4 Å². The lowest BCUT2D eigenvalue weighted by Gasteiger charge is -2.15. The number of para-hydroxylation sites is 2. The normalized spacial score (nSPS) is 10.9. The Morgan fingerprint density at radius 2 is 1.88 bits per heavy atom. The number of hydrogen-bond acceptors (Lipinski definition) is 6. The van der Waals surface area contributed by atoms with Crippen LogP contribution >= 0.6 is 0 Å². The van der Waals surface area contributed by atoms with Crippen LogP contribution in [0.15, 0.2) is 47.3 Å². The van der Waals surface area contributed by atoms with Crippen LogP contribution in [0.4, 0.5) is 5.82 Å². The number of ether oxygens (including phenoxy) is 2. The second kappa shape index (κ2) is 10.7. The minimum atomic E-state index is -0.468. The largest absolute Gasteiger partial charge is 0.493 e. The quantitative estimate of drug-likeness (QED) is 0.505. The summed E-state index contributed by atoms with van der Waals surface area (Å²) in [5.74, 6) is 1.94. The molecule has 1 aromatic heterocycles. The zero-order chi connectivity index (χ0) is 23.1. The molecular formula is C24H30N4O4. The number of hydrogen-bond donors (Lipinski definition) is 2. The standard InChI is InChI=1S/C24H30N4O4/c1-16(2)12-13-25-23-18-9-5-6-10-19(18)28(24(30)27-23)15-21(29)26-14-17-8-7-11-20(31-3)22(17)32-4/h5-11,16H,12-15H2,1-4H3,(H,26,29)(H,25,27,30). The molecule has 8 heteroatoms. The van der Waals surface area contributed by atoms with Crippen LogP contribution in [0.1, 0.15) is 25.8 Å². The van der Waals surface area contributed by atoms with E-state index in [9.17, 15) is 9.59 Å². The van der Waals surface area contributed by atoms with Crippen LogP contribution in [0.3, 0.4) is 0 Å². The van der Waals surface area contributed by atoms with Crippen molar-refractivity contribution in [1.29, 1.82) is 0 Å². The van der Waals surface area contributed by atoms with E-state index in [4.69, 9.17) is 9.47 Å². The summed E-state index contributed by atoms with van der Waals surface area (Å²) in [6.07, 6.45) is 0.967. The average Bonchev–Trinajstić information content (AvgIpc) is 2.79. The van der Waals surface area contributed by atoms with Crippen molar-refractivity contribution in [3.8, 4) is 11.5 Å². The molecule has 1 heterocycles. The number of nitrogens with one attached hydrogen (secondary N) is 2. The lowest BCUT2D eigenvalue weighted by atomic mass is 10.1. The Labute approximate surface area is 187 Å². The van der Waals surface area contributed by atoms with Gasteiger partial charge in [0, 0.05) is 24.0 Å². The highest BCUT2D eigenvalue weighted by Gasteiger charge is 2.14. The van der Waals surface area contributed by atoms with Gasteiger partial charge in [-0.1, -0.05) is 38.1 Å². The molecule has 0 unspecified atom stereocenters. The smallest absolute Gasteiger partial charge is 0.350 e. The monoisotopic (exact) mass is 438 g/mol. The van der Waals surface area contributed by atoms with E-state index in [0.717, 1.165) is 23.9 Å². The molecule has 1 amide bonds. The molecule has 2 aromatic carbocycles. The highest BCUT2D eigenvalue weighted by molar-refractivity contribution is 5.90. The Kier molecular flexibility index (Phi) is 7.70. The van der Waals surface area contributed by atoms with Crippen LogP contribution < -0.4 is 25.8 Å². The Hall–Kier alpha value is -3.55. The van der Waals surface area contributed by atoms with Gasteiger partial charge in [-0.3, -0.25) is 9.36 Å². The average molecular weight is 439 g/mol. The fourth-order valence-electron chi connectivity index (χ4n) is 3.48. The van der Waals surface area contributed by atoms with Gasteiger partial charge in [-0.05, 0) is 30.5 Å². The van der Waals surface area contributed by atoms with Gasteiger partial charge in [0.1, 0.15) is 12.4 Å². The van der Waals surface area contributed by atoms with Gasteiger partial charge in [0.05, 0.1) is 19.7 Å². The highest BCUT2D eigenvalue weighted by Crippen LogP contribution is 2.30. The Morgan fingerprint density at radius 3 is 2.59 bits per heavy atom. The minimum absolute atomic E-state index is 0.134. The summed E-state index contributed by atoms with van der Waals surface area (Å²) in [5.41, 5.74) is 0.971. The number of anilines is 1. The van der Waals surface area contributed by atoms with Crippen molar-refractivity contribution in [3.05, 3.63) is 58.5 Å². The van der Waals surface area contributed by atoms with E-state index in [0.29, 0.717) is 28.8 Å². The summed E-state index contributed by atoms with van der Waals surface area (Å²) in [6.45, 7) is 5.12. The van der Waals surface area contributed by atoms with Crippen LogP contribution in [0, 0.1) is 5.92 Å². The number of fused-ring (bicyclic) bond motifs is 1. The molecule has 0 saturated heterocycles. The maximum Gasteiger partial charge on any atom is 0.350 e. The molecule has 3 aromatic rings. The molecular weight excluding hydrogens is 408 g/mol. The lowest BCUT2D eigenvalue weighted by Crippen LogP contribution is -2.33. The molecule has 3 rings (SSSR count). The van der Waals surface area contributed by atoms with Crippen molar-refractivity contribution in [3.63, 3.8) is 0 Å². The Morgan fingerprint density at radius 1 is 1.09 bits per heavy atom. The number of aromatic nitrogens is 2. The highest BCUT2D eigenvalue weighted by atomic mass is 16.5. The molecule has 0 fully saturated rings. The van der Waals surface area contributed by atoms with E-state index >= 15 is 0 Å². The van der Waals surface area contributed by atoms with Gasteiger partial charge in [-0.15, -0.1) is 0 Å². The van der Waals surface area contributed by atoms with Crippen LogP contribution in [-0.4, -0.2) is 36.2 Å². The molecule has 2 N–H and O–H groups in total. The molecule has 0 radical (unpaired) electrons. The summed E-state index contributed by atoms with van der Waals surface area (Å²) in [7, 11) is 3.11. The third-order valence-corrected chi connectivity index (χ3v) is 5.16. The first-order chi connectivity index (χ1) is 15.4. The molecule has 0 saturated carbocycles. The van der Waals surface area contributed by atoms with Gasteiger partial charge >= 0.3 is 5.69 Å². The van der Waals surface area contributed by atoms with E-state index in [1.54, 1.807) is 20.3 Å². The Bertz CT molecular complexity index is 1140. The molecule has 0 aliphatic rings. The number of benzene rings is 2. The van der Waals surface area contributed by atoms with Crippen LogP contribution in [-0.2, 0) is 17.9 Å². The molecule has 0 atom stereocenters. The second-order valence-electron chi connectivity index (χ2n) is 7.88. The third-order valence-electron chi connectivity index (χ3n) is 5.16. The first-order valence-electron chi connectivity index (χ1n) is 10.6. The van der Waals surface area contributed by atoms with Crippen molar-refractivity contribution in [1.82, 2.24) is 14.9 Å². The minimum Gasteiger partial charge on any atom is -0.493 e. The number of methoxy groups -OCH3 is 2. The maximum absolute atomic E-state index is 12.7. The van der Waals surface area contributed by atoms with E-state index < -0.39 is 5.69 Å². The first kappa shape index (κ1) is 23.1. The molecule has 170 valence electrons. The number of nitrogens with zero attached hydrogens (tertiary/aromatic N) is 2. The summed E-state index contributed by atoms with van der Waals surface area (Å²) >= 11 is 0. The van der Waals surface area contributed by atoms with Crippen molar-refractivity contribution in [2.75, 3.05) is 26.1 Å². The first-order valence-corrected chi connectivity index (χ1v) is 10.6. The van der Waals surface area contributed by atoms with E-state index in [-0.39, 0.29) is 19.0 Å². The molecule has 0 aliphatic heterocycles. The summed E-state index contributed by atoms with van der Waals surface area (Å²) in [4.78, 5) is 29.6. The number of amides is 1. The number of carbonyl (C=O) groups is 1. The van der Waals surface area contributed by atoms with Gasteiger partial charge in [0.25, 0.3) is 0 Å². The molecule has 8 nitrogen and oxygen atoms in total. The fraction of sp³-hybridized carbons (Fsp3) is 0.375. The molecule has 0 aliphatic carbocycles.